The molecule has 96 valence electrons. The first kappa shape index (κ1) is 11.6. The Hall–Kier alpha value is -2.49. The zero-order valence-corrected chi connectivity index (χ0v) is 10.6. The van der Waals surface area contributed by atoms with Crippen LogP contribution in [0, 0.1) is 0 Å². The summed E-state index contributed by atoms with van der Waals surface area (Å²) in [7, 11) is 0. The Morgan fingerprint density at radius 3 is 2.84 bits per heavy atom. The minimum atomic E-state index is 0.785. The highest BCUT2D eigenvalue weighted by atomic mass is 14.9. The summed E-state index contributed by atoms with van der Waals surface area (Å²) in [4.78, 5) is 7.47. The van der Waals surface area contributed by atoms with Gasteiger partial charge in [-0.3, -0.25) is 0 Å². The van der Waals surface area contributed by atoms with E-state index >= 15 is 0 Å². The number of nitrogens with two attached hydrogens (primary N) is 1. The highest BCUT2D eigenvalue weighted by molar-refractivity contribution is 5.75. The van der Waals surface area contributed by atoms with Crippen LogP contribution in [-0.2, 0) is 6.42 Å². The maximum atomic E-state index is 5.65. The zero-order chi connectivity index (χ0) is 13.1. The lowest BCUT2D eigenvalue weighted by molar-refractivity contribution is 1.01. The number of nitrogens with zero attached hydrogens (tertiary/aromatic N) is 1. The predicted molar refractivity (Wildman–Crippen MR) is 79.1 cm³/mol. The highest BCUT2D eigenvalue weighted by Gasteiger charge is 1.99. The van der Waals surface area contributed by atoms with Crippen molar-refractivity contribution < 1.29 is 0 Å². The Balaban J connectivity index is 1.61. The molecule has 2 aromatic heterocycles. The molecule has 0 atom stereocenters. The number of nitrogens with one attached hydrogen (secondary N) is 2. The Morgan fingerprint density at radius 2 is 2.00 bits per heavy atom. The minimum Gasteiger partial charge on any atom is -0.399 e. The number of aromatic nitrogens is 2. The second-order valence-electron chi connectivity index (χ2n) is 4.56. The molecule has 0 radical (unpaired) electrons. The number of pyridine rings is 1. The molecule has 0 aliphatic carbocycles. The summed E-state index contributed by atoms with van der Waals surface area (Å²) in [5.41, 5.74) is 9.69. The van der Waals surface area contributed by atoms with Crippen LogP contribution in [-0.4, -0.2) is 16.5 Å². The molecule has 4 nitrogen and oxygen atoms in total. The molecule has 0 aliphatic heterocycles. The first-order valence-electron chi connectivity index (χ1n) is 6.33. The smallest absolute Gasteiger partial charge is 0.137 e. The number of H-pyrrole nitrogens is 1. The van der Waals surface area contributed by atoms with Crippen molar-refractivity contribution in [3.63, 3.8) is 0 Å². The first-order chi connectivity index (χ1) is 9.31. The van der Waals surface area contributed by atoms with Crippen molar-refractivity contribution in [2.75, 3.05) is 17.6 Å². The van der Waals surface area contributed by atoms with Crippen molar-refractivity contribution in [1.82, 2.24) is 9.97 Å². The number of hydrogen-bond acceptors (Lipinski definition) is 3. The minimum absolute atomic E-state index is 0.785. The average molecular weight is 252 g/mol. The SMILES string of the molecule is Nc1ccc(NCCc2cnc3[nH]ccc3c2)cc1. The monoisotopic (exact) mass is 252 g/mol. The summed E-state index contributed by atoms with van der Waals surface area (Å²) in [6.45, 7) is 0.877. The van der Waals surface area contributed by atoms with Gasteiger partial charge in [0.15, 0.2) is 0 Å². The van der Waals surface area contributed by atoms with E-state index in [9.17, 15) is 0 Å². The molecule has 2 heterocycles. The van der Waals surface area contributed by atoms with E-state index in [1.807, 2.05) is 42.7 Å². The van der Waals surface area contributed by atoms with Gasteiger partial charge in [-0.15, -0.1) is 0 Å². The van der Waals surface area contributed by atoms with Crippen molar-refractivity contribution in [1.29, 1.82) is 0 Å². The van der Waals surface area contributed by atoms with E-state index in [4.69, 9.17) is 5.73 Å². The molecule has 0 saturated carbocycles. The second-order valence-corrected chi connectivity index (χ2v) is 4.56. The van der Waals surface area contributed by atoms with Gasteiger partial charge >= 0.3 is 0 Å². The van der Waals surface area contributed by atoms with Crippen molar-refractivity contribution in [3.05, 3.63) is 54.4 Å². The lowest BCUT2D eigenvalue weighted by Crippen LogP contribution is -2.05. The van der Waals surface area contributed by atoms with Crippen molar-refractivity contribution in [2.45, 2.75) is 6.42 Å². The van der Waals surface area contributed by atoms with Gasteiger partial charge in [0, 0.05) is 35.7 Å². The van der Waals surface area contributed by atoms with E-state index in [1.54, 1.807) is 0 Å². The number of nitrogen functional groups attached to an aromatic ring is 1. The highest BCUT2D eigenvalue weighted by Crippen LogP contribution is 2.13. The van der Waals surface area contributed by atoms with Crippen LogP contribution in [0.1, 0.15) is 5.56 Å². The predicted octanol–water partition coefficient (Wildman–Crippen LogP) is 2.80. The molecule has 4 heteroatoms. The van der Waals surface area contributed by atoms with Crippen LogP contribution in [0.2, 0.25) is 0 Å². The summed E-state index contributed by atoms with van der Waals surface area (Å²) in [5, 5.41) is 4.53. The lowest BCUT2D eigenvalue weighted by atomic mass is 10.2. The Bertz CT molecular complexity index is 670. The molecule has 0 amide bonds. The fraction of sp³-hybridized carbons (Fsp3) is 0.133. The fourth-order valence-electron chi connectivity index (χ4n) is 2.07. The van der Waals surface area contributed by atoms with Gasteiger partial charge in [-0.05, 0) is 48.4 Å². The van der Waals surface area contributed by atoms with Crippen LogP contribution < -0.4 is 11.1 Å². The zero-order valence-electron chi connectivity index (χ0n) is 10.6. The molecule has 19 heavy (non-hydrogen) atoms. The lowest BCUT2D eigenvalue weighted by Gasteiger charge is -2.06. The summed E-state index contributed by atoms with van der Waals surface area (Å²) < 4.78 is 0. The molecule has 1 aromatic carbocycles. The van der Waals surface area contributed by atoms with Crippen LogP contribution in [0.4, 0.5) is 11.4 Å². The molecule has 0 aliphatic rings. The quantitative estimate of drug-likeness (QED) is 0.625. The molecular formula is C15H16N4. The maximum Gasteiger partial charge on any atom is 0.137 e. The molecule has 0 spiro atoms. The number of benzene rings is 1. The van der Waals surface area contributed by atoms with E-state index in [0.717, 1.165) is 35.4 Å². The van der Waals surface area contributed by atoms with Gasteiger partial charge in [-0.2, -0.15) is 0 Å². The van der Waals surface area contributed by atoms with Gasteiger partial charge in [0.1, 0.15) is 5.65 Å². The van der Waals surface area contributed by atoms with E-state index in [1.165, 1.54) is 5.56 Å². The third-order valence-electron chi connectivity index (χ3n) is 3.11. The third kappa shape index (κ3) is 2.68. The van der Waals surface area contributed by atoms with E-state index in [0.29, 0.717) is 0 Å². The summed E-state index contributed by atoms with van der Waals surface area (Å²) in [6, 6.07) is 12.0. The van der Waals surface area contributed by atoms with Crippen molar-refractivity contribution in [2.24, 2.45) is 0 Å². The summed E-state index contributed by atoms with van der Waals surface area (Å²) in [6.07, 6.45) is 4.77. The molecule has 0 unspecified atom stereocenters. The van der Waals surface area contributed by atoms with Crippen molar-refractivity contribution >= 4 is 22.4 Å². The number of fused-ring (bicyclic) bond motifs is 1. The maximum absolute atomic E-state index is 5.65. The van der Waals surface area contributed by atoms with Gasteiger partial charge < -0.3 is 16.0 Å². The van der Waals surface area contributed by atoms with E-state index in [-0.39, 0.29) is 0 Å². The van der Waals surface area contributed by atoms with Crippen LogP contribution in [0.3, 0.4) is 0 Å². The topological polar surface area (TPSA) is 66.7 Å². The molecule has 0 bridgehead atoms. The summed E-state index contributed by atoms with van der Waals surface area (Å²) in [5.74, 6) is 0. The molecule has 0 saturated heterocycles. The normalized spacial score (nSPS) is 10.7. The number of rotatable bonds is 4. The second kappa shape index (κ2) is 5.02. The number of hydrogen-bond donors (Lipinski definition) is 3. The molecule has 3 rings (SSSR count). The summed E-state index contributed by atoms with van der Waals surface area (Å²) >= 11 is 0. The standard InChI is InChI=1S/C15H16N4/c16-13-1-3-14(4-2-13)17-7-5-11-9-12-6-8-18-15(12)19-10-11/h1-4,6,8-10,17H,5,7,16H2,(H,18,19). The third-order valence-corrected chi connectivity index (χ3v) is 3.11. The van der Waals surface area contributed by atoms with Gasteiger partial charge in [0.05, 0.1) is 0 Å². The van der Waals surface area contributed by atoms with Gasteiger partial charge in [0.25, 0.3) is 0 Å². The van der Waals surface area contributed by atoms with Gasteiger partial charge in [-0.25, -0.2) is 4.98 Å². The molecular weight excluding hydrogens is 236 g/mol. The van der Waals surface area contributed by atoms with E-state index < -0.39 is 0 Å². The first-order valence-corrected chi connectivity index (χ1v) is 6.33. The van der Waals surface area contributed by atoms with Crippen LogP contribution >= 0.6 is 0 Å². The Labute approximate surface area is 111 Å². The fourth-order valence-corrected chi connectivity index (χ4v) is 2.07. The number of anilines is 2. The van der Waals surface area contributed by atoms with Crippen molar-refractivity contribution in [3.8, 4) is 0 Å². The average Bonchev–Trinajstić information content (AvgIpc) is 2.88. The molecule has 4 N–H and O–H groups in total. The van der Waals surface area contributed by atoms with Gasteiger partial charge in [0.2, 0.25) is 0 Å². The van der Waals surface area contributed by atoms with Crippen LogP contribution in [0.5, 0.6) is 0 Å². The largest absolute Gasteiger partial charge is 0.399 e. The van der Waals surface area contributed by atoms with Crippen LogP contribution in [0.15, 0.2) is 48.8 Å². The Kier molecular flexibility index (Phi) is 3.06. The van der Waals surface area contributed by atoms with Crippen LogP contribution in [0.25, 0.3) is 11.0 Å². The van der Waals surface area contributed by atoms with Gasteiger partial charge in [-0.1, -0.05) is 0 Å². The Morgan fingerprint density at radius 1 is 1.16 bits per heavy atom. The number of aromatic amines is 1. The van der Waals surface area contributed by atoms with E-state index in [2.05, 4.69) is 21.4 Å². The molecule has 3 aromatic rings. The molecule has 0 fully saturated rings.